The van der Waals surface area contributed by atoms with Crippen molar-refractivity contribution in [3.63, 3.8) is 0 Å². The average molecular weight is 259 g/mol. The minimum absolute atomic E-state index is 0.104. The maximum Gasteiger partial charge on any atom is 0.167 e. The normalized spacial score (nSPS) is 30.7. The quantitative estimate of drug-likeness (QED) is 0.776. The van der Waals surface area contributed by atoms with E-state index in [1.807, 2.05) is 12.1 Å². The first-order valence-corrected chi connectivity index (χ1v) is 6.95. The minimum Gasteiger partial charge on any atom is -0.497 e. The smallest absolute Gasteiger partial charge is 0.167 e. The molecule has 19 heavy (non-hydrogen) atoms. The third-order valence-electron chi connectivity index (χ3n) is 4.79. The first kappa shape index (κ1) is 12.7. The van der Waals surface area contributed by atoms with E-state index in [1.54, 1.807) is 7.11 Å². The Labute approximate surface area is 114 Å². The molecule has 1 heterocycles. The first-order valence-electron chi connectivity index (χ1n) is 6.95. The Morgan fingerprint density at radius 2 is 2.21 bits per heavy atom. The number of carbonyl (C=O) groups is 1. The predicted octanol–water partition coefficient (Wildman–Crippen LogP) is 2.49. The van der Waals surface area contributed by atoms with E-state index in [0.717, 1.165) is 37.2 Å². The van der Waals surface area contributed by atoms with Crippen LogP contribution in [0.3, 0.4) is 0 Å². The molecule has 0 N–H and O–H groups in total. The summed E-state index contributed by atoms with van der Waals surface area (Å²) in [6.07, 6.45) is 2.07. The summed E-state index contributed by atoms with van der Waals surface area (Å²) < 4.78 is 5.33. The van der Waals surface area contributed by atoms with Gasteiger partial charge in [0.25, 0.3) is 0 Å². The Hall–Kier alpha value is -1.35. The van der Waals surface area contributed by atoms with Gasteiger partial charge >= 0.3 is 0 Å². The van der Waals surface area contributed by atoms with Gasteiger partial charge in [-0.15, -0.1) is 0 Å². The molecule has 3 nitrogen and oxygen atoms in total. The van der Waals surface area contributed by atoms with Crippen LogP contribution in [0.4, 0.5) is 0 Å². The lowest BCUT2D eigenvalue weighted by Crippen LogP contribution is -2.37. The summed E-state index contributed by atoms with van der Waals surface area (Å²) in [5.74, 6) is 1.31. The molecule has 0 spiro atoms. The van der Waals surface area contributed by atoms with Crippen molar-refractivity contribution in [1.82, 2.24) is 4.90 Å². The number of carbonyl (C=O) groups excluding carboxylic acids is 1. The van der Waals surface area contributed by atoms with Crippen LogP contribution in [-0.2, 0) is 5.41 Å². The monoisotopic (exact) mass is 259 g/mol. The largest absolute Gasteiger partial charge is 0.497 e. The molecule has 2 aliphatic rings. The molecule has 3 heteroatoms. The number of benzene rings is 1. The number of rotatable bonds is 1. The number of nitrogens with zero attached hydrogens (tertiary/aromatic N) is 1. The van der Waals surface area contributed by atoms with Crippen molar-refractivity contribution in [1.29, 1.82) is 0 Å². The zero-order valence-corrected chi connectivity index (χ0v) is 11.9. The molecule has 1 aromatic rings. The Morgan fingerprint density at radius 1 is 1.42 bits per heavy atom. The maximum atomic E-state index is 12.6. The zero-order valence-electron chi connectivity index (χ0n) is 11.9. The summed E-state index contributed by atoms with van der Waals surface area (Å²) >= 11 is 0. The summed E-state index contributed by atoms with van der Waals surface area (Å²) in [7, 11) is 3.79. The third kappa shape index (κ3) is 1.96. The molecule has 0 aromatic heterocycles. The van der Waals surface area contributed by atoms with Crippen LogP contribution in [0.2, 0.25) is 0 Å². The molecule has 2 bridgehead atoms. The SMILES string of the molecule is COc1ccc2c(c1)C1(C)CCN(C)CC(C1)C2=O. The minimum atomic E-state index is 0.104. The highest BCUT2D eigenvalue weighted by Crippen LogP contribution is 2.45. The molecule has 1 saturated heterocycles. The van der Waals surface area contributed by atoms with Crippen LogP contribution < -0.4 is 4.74 Å². The Balaban J connectivity index is 2.14. The van der Waals surface area contributed by atoms with Gasteiger partial charge in [0.05, 0.1) is 7.11 Å². The molecule has 2 atom stereocenters. The zero-order chi connectivity index (χ0) is 13.6. The molecule has 102 valence electrons. The number of fused-ring (bicyclic) bond motifs is 4. The van der Waals surface area contributed by atoms with Gasteiger partial charge in [-0.3, -0.25) is 4.79 Å². The molecule has 1 aliphatic carbocycles. The second-order valence-electron chi connectivity index (χ2n) is 6.25. The fourth-order valence-electron chi connectivity index (χ4n) is 3.62. The van der Waals surface area contributed by atoms with Crippen LogP contribution in [0.25, 0.3) is 0 Å². The van der Waals surface area contributed by atoms with Crippen molar-refractivity contribution in [2.24, 2.45) is 5.92 Å². The fourth-order valence-corrected chi connectivity index (χ4v) is 3.62. The summed E-state index contributed by atoms with van der Waals surface area (Å²) in [4.78, 5) is 14.9. The molecule has 2 unspecified atom stereocenters. The lowest BCUT2D eigenvalue weighted by Gasteiger charge is -2.37. The second kappa shape index (κ2) is 4.34. The fraction of sp³-hybridized carbons (Fsp3) is 0.562. The summed E-state index contributed by atoms with van der Waals surface area (Å²) in [6, 6.07) is 5.92. The topological polar surface area (TPSA) is 29.5 Å². The van der Waals surface area contributed by atoms with Crippen LogP contribution in [0.15, 0.2) is 18.2 Å². The highest BCUT2D eigenvalue weighted by molar-refractivity contribution is 6.01. The summed E-state index contributed by atoms with van der Waals surface area (Å²) in [6.45, 7) is 4.24. The van der Waals surface area contributed by atoms with Gasteiger partial charge in [-0.05, 0) is 55.6 Å². The molecule has 3 rings (SSSR count). The molecule has 0 amide bonds. The Bertz CT molecular complexity index is 525. The van der Waals surface area contributed by atoms with Crippen LogP contribution in [0.1, 0.15) is 35.7 Å². The van der Waals surface area contributed by atoms with Gasteiger partial charge < -0.3 is 9.64 Å². The van der Waals surface area contributed by atoms with Crippen LogP contribution in [0.5, 0.6) is 5.75 Å². The van der Waals surface area contributed by atoms with Gasteiger partial charge in [0.15, 0.2) is 5.78 Å². The van der Waals surface area contributed by atoms with E-state index in [2.05, 4.69) is 24.9 Å². The van der Waals surface area contributed by atoms with E-state index in [0.29, 0.717) is 5.78 Å². The Kier molecular flexibility index (Phi) is 2.90. The van der Waals surface area contributed by atoms with Crippen molar-refractivity contribution in [2.75, 3.05) is 27.2 Å². The van der Waals surface area contributed by atoms with E-state index in [9.17, 15) is 4.79 Å². The highest BCUT2D eigenvalue weighted by atomic mass is 16.5. The highest BCUT2D eigenvalue weighted by Gasteiger charge is 2.43. The van der Waals surface area contributed by atoms with Gasteiger partial charge in [0.1, 0.15) is 5.75 Å². The van der Waals surface area contributed by atoms with Gasteiger partial charge in [0.2, 0.25) is 0 Å². The number of hydrogen-bond acceptors (Lipinski definition) is 3. The molecule has 1 aliphatic heterocycles. The first-order chi connectivity index (χ1) is 9.03. The molecular formula is C16H21NO2. The van der Waals surface area contributed by atoms with Crippen molar-refractivity contribution < 1.29 is 9.53 Å². The Morgan fingerprint density at radius 3 is 2.95 bits per heavy atom. The number of hydrogen-bond donors (Lipinski definition) is 0. The molecule has 0 radical (unpaired) electrons. The predicted molar refractivity (Wildman–Crippen MR) is 74.9 cm³/mol. The number of methoxy groups -OCH3 is 1. The van der Waals surface area contributed by atoms with E-state index in [-0.39, 0.29) is 11.3 Å². The van der Waals surface area contributed by atoms with Crippen molar-refractivity contribution in [3.05, 3.63) is 29.3 Å². The van der Waals surface area contributed by atoms with Crippen LogP contribution in [-0.4, -0.2) is 37.9 Å². The number of ether oxygens (including phenoxy) is 1. The second-order valence-corrected chi connectivity index (χ2v) is 6.25. The van der Waals surface area contributed by atoms with Crippen molar-refractivity contribution >= 4 is 5.78 Å². The van der Waals surface area contributed by atoms with E-state index >= 15 is 0 Å². The van der Waals surface area contributed by atoms with E-state index in [4.69, 9.17) is 4.74 Å². The number of likely N-dealkylation sites (tertiary alicyclic amines) is 1. The summed E-state index contributed by atoms with van der Waals surface area (Å²) in [5, 5.41) is 0. The molecule has 0 saturated carbocycles. The van der Waals surface area contributed by atoms with Crippen molar-refractivity contribution in [3.8, 4) is 5.75 Å². The number of ketones is 1. The third-order valence-corrected chi connectivity index (χ3v) is 4.79. The van der Waals surface area contributed by atoms with Crippen molar-refractivity contribution in [2.45, 2.75) is 25.2 Å². The number of Topliss-reactive ketones (excluding diaryl/α,β-unsaturated/α-hetero) is 1. The van der Waals surface area contributed by atoms with Gasteiger partial charge in [-0.25, -0.2) is 0 Å². The van der Waals surface area contributed by atoms with Crippen LogP contribution in [0, 0.1) is 5.92 Å². The van der Waals surface area contributed by atoms with E-state index in [1.165, 1.54) is 5.56 Å². The standard InChI is InChI=1S/C16H21NO2/c1-16-6-7-17(2)10-11(9-16)15(18)13-5-4-12(19-3)8-14(13)16/h4-5,8,11H,6-7,9-10H2,1-3H3. The lowest BCUT2D eigenvalue weighted by atomic mass is 9.66. The molecule has 1 fully saturated rings. The summed E-state index contributed by atoms with van der Waals surface area (Å²) in [5.41, 5.74) is 2.20. The van der Waals surface area contributed by atoms with E-state index < -0.39 is 0 Å². The van der Waals surface area contributed by atoms with Gasteiger partial charge in [-0.1, -0.05) is 6.92 Å². The maximum absolute atomic E-state index is 12.6. The molecule has 1 aromatic carbocycles. The average Bonchev–Trinajstić information content (AvgIpc) is 2.55. The van der Waals surface area contributed by atoms with Gasteiger partial charge in [-0.2, -0.15) is 0 Å². The lowest BCUT2D eigenvalue weighted by molar-refractivity contribution is 0.0862. The molecular weight excluding hydrogens is 238 g/mol. The van der Waals surface area contributed by atoms with Gasteiger partial charge in [0, 0.05) is 18.0 Å². The van der Waals surface area contributed by atoms with Crippen LogP contribution >= 0.6 is 0 Å².